The second kappa shape index (κ2) is 7.65. The molecule has 3 heteroatoms. The Kier molecular flexibility index (Phi) is 5.25. The fourth-order valence-electron chi connectivity index (χ4n) is 5.05. The van der Waals surface area contributed by atoms with Crippen molar-refractivity contribution in [2.24, 2.45) is 11.7 Å². The van der Waals surface area contributed by atoms with Crippen molar-refractivity contribution in [3.8, 4) is 5.75 Å². The van der Waals surface area contributed by atoms with E-state index in [-0.39, 0.29) is 12.1 Å². The first-order chi connectivity index (χ1) is 13.1. The maximum Gasteiger partial charge on any atom is 0.122 e. The van der Waals surface area contributed by atoms with Crippen molar-refractivity contribution in [3.05, 3.63) is 64.7 Å². The van der Waals surface area contributed by atoms with Crippen LogP contribution in [0.15, 0.2) is 42.5 Å². The highest BCUT2D eigenvalue weighted by molar-refractivity contribution is 5.38. The molecule has 3 atom stereocenters. The van der Waals surface area contributed by atoms with Crippen LogP contribution in [0.5, 0.6) is 5.75 Å². The van der Waals surface area contributed by atoms with E-state index >= 15 is 0 Å². The van der Waals surface area contributed by atoms with Crippen molar-refractivity contribution in [2.45, 2.75) is 56.4 Å². The largest absolute Gasteiger partial charge is 0.496 e. The number of benzene rings is 2. The Morgan fingerprint density at radius 1 is 1.15 bits per heavy atom. The number of ether oxygens (including phenoxy) is 1. The van der Waals surface area contributed by atoms with Crippen LogP contribution in [0.4, 0.5) is 0 Å². The van der Waals surface area contributed by atoms with E-state index in [1.165, 1.54) is 28.7 Å². The van der Waals surface area contributed by atoms with Gasteiger partial charge >= 0.3 is 0 Å². The normalized spacial score (nSPS) is 27.4. The van der Waals surface area contributed by atoms with Crippen LogP contribution >= 0.6 is 0 Å². The van der Waals surface area contributed by atoms with Gasteiger partial charge in [0.05, 0.1) is 13.7 Å². The summed E-state index contributed by atoms with van der Waals surface area (Å²) in [7, 11) is 1.76. The van der Waals surface area contributed by atoms with Crippen molar-refractivity contribution >= 4 is 0 Å². The zero-order valence-electron chi connectivity index (χ0n) is 16.3. The molecule has 1 saturated carbocycles. The lowest BCUT2D eigenvalue weighted by Gasteiger charge is -2.27. The Morgan fingerprint density at radius 3 is 2.78 bits per heavy atom. The van der Waals surface area contributed by atoms with Crippen LogP contribution in [-0.4, -0.2) is 24.4 Å². The van der Waals surface area contributed by atoms with E-state index in [2.05, 4.69) is 36.4 Å². The number of fused-ring (bicyclic) bond motifs is 1. The molecule has 0 bridgehead atoms. The average Bonchev–Trinajstić information content (AvgIpc) is 3.11. The van der Waals surface area contributed by atoms with Gasteiger partial charge in [-0.3, -0.25) is 0 Å². The number of aryl methyl sites for hydroxylation is 1. The van der Waals surface area contributed by atoms with Crippen LogP contribution < -0.4 is 10.5 Å². The molecule has 3 nitrogen and oxygen atoms in total. The third-order valence-electron chi connectivity index (χ3n) is 6.69. The van der Waals surface area contributed by atoms with E-state index in [4.69, 9.17) is 10.5 Å². The van der Waals surface area contributed by atoms with Gasteiger partial charge in [-0.25, -0.2) is 0 Å². The first-order valence-electron chi connectivity index (χ1n) is 10.2. The number of para-hydroxylation sites is 1. The molecule has 0 unspecified atom stereocenters. The molecule has 0 spiro atoms. The van der Waals surface area contributed by atoms with Gasteiger partial charge in [0.25, 0.3) is 0 Å². The van der Waals surface area contributed by atoms with Crippen LogP contribution in [0.1, 0.15) is 53.9 Å². The van der Waals surface area contributed by atoms with Gasteiger partial charge in [-0.15, -0.1) is 0 Å². The molecule has 0 aliphatic heterocycles. The maximum atomic E-state index is 9.54. The molecule has 144 valence electrons. The van der Waals surface area contributed by atoms with E-state index in [0.717, 1.165) is 44.3 Å². The third kappa shape index (κ3) is 3.90. The highest BCUT2D eigenvalue weighted by Gasteiger charge is 2.36. The van der Waals surface area contributed by atoms with E-state index in [1.54, 1.807) is 7.11 Å². The second-order valence-corrected chi connectivity index (χ2v) is 8.61. The lowest BCUT2D eigenvalue weighted by Crippen LogP contribution is -2.40. The van der Waals surface area contributed by atoms with Crippen molar-refractivity contribution in [1.29, 1.82) is 0 Å². The van der Waals surface area contributed by atoms with Crippen LogP contribution in [0, 0.1) is 5.92 Å². The van der Waals surface area contributed by atoms with Gasteiger partial charge < -0.3 is 15.6 Å². The van der Waals surface area contributed by atoms with E-state index in [1.807, 2.05) is 6.07 Å². The zero-order chi connectivity index (χ0) is 18.9. The van der Waals surface area contributed by atoms with Gasteiger partial charge in [0.1, 0.15) is 5.75 Å². The summed E-state index contributed by atoms with van der Waals surface area (Å²) in [5, 5.41) is 9.54. The smallest absolute Gasteiger partial charge is 0.122 e. The minimum absolute atomic E-state index is 0.0963. The molecule has 0 aromatic heterocycles. The highest BCUT2D eigenvalue weighted by atomic mass is 16.5. The first kappa shape index (κ1) is 18.5. The second-order valence-electron chi connectivity index (χ2n) is 8.61. The van der Waals surface area contributed by atoms with E-state index in [9.17, 15) is 5.11 Å². The number of aliphatic hydroxyl groups is 1. The van der Waals surface area contributed by atoms with Crippen molar-refractivity contribution in [3.63, 3.8) is 0 Å². The van der Waals surface area contributed by atoms with Crippen molar-refractivity contribution in [1.82, 2.24) is 0 Å². The molecule has 3 N–H and O–H groups in total. The fraction of sp³-hybridized carbons (Fsp3) is 0.500. The molecule has 0 amide bonds. The number of hydrogen-bond donors (Lipinski definition) is 2. The summed E-state index contributed by atoms with van der Waals surface area (Å²) in [6.07, 6.45) is 7.53. The third-order valence-corrected chi connectivity index (χ3v) is 6.69. The first-order valence-corrected chi connectivity index (χ1v) is 10.2. The van der Waals surface area contributed by atoms with Gasteiger partial charge in [0.2, 0.25) is 0 Å². The standard InChI is InChI=1S/C24H31NO2/c1-27-23-5-3-2-4-21(23)13-17-6-7-19-14-20(9-8-18(19)12-17)22-10-11-24(25,15-22)16-26/h2-5,8-9,14,17,22,26H,6-7,10-13,15-16,25H2,1H3/t17-,22+,24-/m1/s1. The summed E-state index contributed by atoms with van der Waals surface area (Å²) in [6, 6.07) is 15.5. The Hall–Kier alpha value is -1.84. The molecule has 1 fully saturated rings. The summed E-state index contributed by atoms with van der Waals surface area (Å²) in [5.74, 6) is 2.19. The molecule has 4 rings (SSSR count). The molecule has 0 heterocycles. The van der Waals surface area contributed by atoms with Crippen LogP contribution in [0.3, 0.4) is 0 Å². The number of nitrogens with two attached hydrogens (primary N) is 1. The van der Waals surface area contributed by atoms with Gasteiger partial charge in [-0.05, 0) is 85.1 Å². The molecule has 2 aliphatic rings. The molecule has 2 aromatic rings. The molecule has 27 heavy (non-hydrogen) atoms. The molecule has 2 aliphatic carbocycles. The van der Waals surface area contributed by atoms with E-state index in [0.29, 0.717) is 11.8 Å². The average molecular weight is 366 g/mol. The number of hydrogen-bond acceptors (Lipinski definition) is 3. The van der Waals surface area contributed by atoms with Crippen LogP contribution in [-0.2, 0) is 19.3 Å². The number of aliphatic hydroxyl groups excluding tert-OH is 1. The monoisotopic (exact) mass is 365 g/mol. The lowest BCUT2D eigenvalue weighted by molar-refractivity contribution is 0.198. The summed E-state index contributed by atoms with van der Waals surface area (Å²) in [6.45, 7) is 0.0963. The Morgan fingerprint density at radius 2 is 2.00 bits per heavy atom. The van der Waals surface area contributed by atoms with Crippen molar-refractivity contribution in [2.75, 3.05) is 13.7 Å². The van der Waals surface area contributed by atoms with Gasteiger partial charge in [-0.1, -0.05) is 36.4 Å². The van der Waals surface area contributed by atoms with Crippen molar-refractivity contribution < 1.29 is 9.84 Å². The molecular formula is C24H31NO2. The fourth-order valence-corrected chi connectivity index (χ4v) is 5.05. The van der Waals surface area contributed by atoms with Gasteiger partial charge in [0, 0.05) is 5.54 Å². The van der Waals surface area contributed by atoms with Gasteiger partial charge in [-0.2, -0.15) is 0 Å². The predicted molar refractivity (Wildman–Crippen MR) is 109 cm³/mol. The minimum Gasteiger partial charge on any atom is -0.496 e. The molecule has 0 saturated heterocycles. The molecular weight excluding hydrogens is 334 g/mol. The Balaban J connectivity index is 1.45. The summed E-state index contributed by atoms with van der Waals surface area (Å²) in [5.41, 5.74) is 11.7. The zero-order valence-corrected chi connectivity index (χ0v) is 16.3. The Bertz CT molecular complexity index is 803. The summed E-state index contributed by atoms with van der Waals surface area (Å²) >= 11 is 0. The molecule has 0 radical (unpaired) electrons. The molecule has 2 aromatic carbocycles. The summed E-state index contributed by atoms with van der Waals surface area (Å²) < 4.78 is 5.53. The maximum absolute atomic E-state index is 9.54. The quantitative estimate of drug-likeness (QED) is 0.842. The lowest BCUT2D eigenvalue weighted by atomic mass is 9.79. The minimum atomic E-state index is -0.375. The van der Waals surface area contributed by atoms with E-state index < -0.39 is 0 Å². The predicted octanol–water partition coefficient (Wildman–Crippen LogP) is 4.00. The topological polar surface area (TPSA) is 55.5 Å². The SMILES string of the molecule is COc1ccccc1C[C@@H]1CCc2cc([C@H]3CC[C@](N)(CO)C3)ccc2C1. The number of methoxy groups -OCH3 is 1. The summed E-state index contributed by atoms with van der Waals surface area (Å²) in [4.78, 5) is 0. The van der Waals surface area contributed by atoms with Crippen LogP contribution in [0.25, 0.3) is 0 Å². The highest BCUT2D eigenvalue weighted by Crippen LogP contribution is 2.41. The Labute approximate surface area is 162 Å². The van der Waals surface area contributed by atoms with Crippen LogP contribution in [0.2, 0.25) is 0 Å². The van der Waals surface area contributed by atoms with Gasteiger partial charge in [0.15, 0.2) is 0 Å². The number of rotatable bonds is 5.